The van der Waals surface area contributed by atoms with Gasteiger partial charge in [0.2, 0.25) is 0 Å². The van der Waals surface area contributed by atoms with Crippen LogP contribution in [0, 0.1) is 0 Å². The molecule has 0 bridgehead atoms. The summed E-state index contributed by atoms with van der Waals surface area (Å²) in [5, 5.41) is 3.32. The van der Waals surface area contributed by atoms with Gasteiger partial charge < -0.3 is 5.32 Å². The average molecular weight is 324 g/mol. The smallest absolute Gasteiger partial charge is 0.151 e. The van der Waals surface area contributed by atoms with Crippen LogP contribution in [-0.4, -0.2) is 26.0 Å². The van der Waals surface area contributed by atoms with Gasteiger partial charge in [0.25, 0.3) is 0 Å². The summed E-state index contributed by atoms with van der Waals surface area (Å²) in [6.45, 7) is 0.760. The Balaban J connectivity index is 1.86. The highest BCUT2D eigenvalue weighted by molar-refractivity contribution is 9.11. The summed E-state index contributed by atoms with van der Waals surface area (Å²) in [4.78, 5) is 1.23. The minimum Gasteiger partial charge on any atom is -0.308 e. The van der Waals surface area contributed by atoms with Gasteiger partial charge in [-0.05, 0) is 40.9 Å². The Morgan fingerprint density at radius 2 is 2.31 bits per heavy atom. The van der Waals surface area contributed by atoms with Gasteiger partial charge in [0, 0.05) is 17.5 Å². The molecule has 0 amide bonds. The van der Waals surface area contributed by atoms with Crippen LogP contribution in [0.2, 0.25) is 0 Å². The summed E-state index contributed by atoms with van der Waals surface area (Å²) in [6, 6.07) is 4.19. The molecule has 1 saturated heterocycles. The highest BCUT2D eigenvalue weighted by atomic mass is 79.9. The van der Waals surface area contributed by atoms with Crippen LogP contribution < -0.4 is 5.32 Å². The number of nitrogens with one attached hydrogen (secondary N) is 1. The fourth-order valence-corrected chi connectivity index (χ4v) is 4.98. The maximum absolute atomic E-state index is 11.4. The molecule has 1 fully saturated rings. The van der Waals surface area contributed by atoms with Gasteiger partial charge in [-0.25, -0.2) is 8.42 Å². The van der Waals surface area contributed by atoms with Gasteiger partial charge >= 0.3 is 0 Å². The van der Waals surface area contributed by atoms with E-state index in [1.165, 1.54) is 4.88 Å². The van der Waals surface area contributed by atoms with E-state index in [1.807, 2.05) is 6.07 Å². The molecule has 1 unspecified atom stereocenters. The molecule has 0 saturated carbocycles. The molecule has 1 aliphatic heterocycles. The van der Waals surface area contributed by atoms with Crippen molar-refractivity contribution < 1.29 is 8.42 Å². The summed E-state index contributed by atoms with van der Waals surface area (Å²) >= 11 is 5.09. The summed E-state index contributed by atoms with van der Waals surface area (Å²) in [5.74, 6) is 0.648. The average Bonchev–Trinajstić information content (AvgIpc) is 2.60. The second kappa shape index (κ2) is 5.16. The minimum absolute atomic E-state index is 0.125. The van der Waals surface area contributed by atoms with Crippen molar-refractivity contribution in [3.05, 3.63) is 20.8 Å². The molecule has 6 heteroatoms. The lowest BCUT2D eigenvalue weighted by atomic mass is 10.2. The van der Waals surface area contributed by atoms with Crippen molar-refractivity contribution in [2.75, 3.05) is 11.5 Å². The Kier molecular flexibility index (Phi) is 4.05. The van der Waals surface area contributed by atoms with E-state index in [9.17, 15) is 8.42 Å². The van der Waals surface area contributed by atoms with Gasteiger partial charge in [-0.1, -0.05) is 0 Å². The first-order valence-corrected chi connectivity index (χ1v) is 8.66. The van der Waals surface area contributed by atoms with Crippen molar-refractivity contribution in [3.8, 4) is 0 Å². The third kappa shape index (κ3) is 3.55. The third-order valence-electron chi connectivity index (χ3n) is 2.66. The summed E-state index contributed by atoms with van der Waals surface area (Å²) < 4.78 is 24.0. The van der Waals surface area contributed by atoms with E-state index in [-0.39, 0.29) is 6.04 Å². The third-order valence-corrected chi connectivity index (χ3v) is 6.10. The Morgan fingerprint density at radius 1 is 1.50 bits per heavy atom. The van der Waals surface area contributed by atoms with E-state index in [4.69, 9.17) is 0 Å². The molecule has 2 rings (SSSR count). The Bertz CT molecular complexity index is 455. The molecule has 1 aromatic rings. The van der Waals surface area contributed by atoms with Crippen LogP contribution in [0.4, 0.5) is 0 Å². The van der Waals surface area contributed by atoms with Crippen molar-refractivity contribution in [2.45, 2.75) is 25.4 Å². The van der Waals surface area contributed by atoms with E-state index in [1.54, 1.807) is 11.3 Å². The maximum Gasteiger partial charge on any atom is 0.151 e. The Hall–Kier alpha value is 0.0900. The monoisotopic (exact) mass is 323 g/mol. The van der Waals surface area contributed by atoms with Crippen LogP contribution in [-0.2, 0) is 16.4 Å². The first-order valence-electron chi connectivity index (χ1n) is 5.23. The topological polar surface area (TPSA) is 46.2 Å². The van der Waals surface area contributed by atoms with Gasteiger partial charge in [0.15, 0.2) is 9.84 Å². The molecule has 16 heavy (non-hydrogen) atoms. The van der Waals surface area contributed by atoms with Gasteiger partial charge in [0.1, 0.15) is 0 Å². The zero-order valence-electron chi connectivity index (χ0n) is 8.78. The lowest BCUT2D eigenvalue weighted by Gasteiger charge is -2.22. The summed E-state index contributed by atoms with van der Waals surface area (Å²) in [7, 11) is -2.80. The van der Waals surface area contributed by atoms with Gasteiger partial charge in [-0.15, -0.1) is 11.3 Å². The van der Waals surface area contributed by atoms with Crippen LogP contribution in [0.15, 0.2) is 15.9 Å². The molecule has 0 spiro atoms. The van der Waals surface area contributed by atoms with Gasteiger partial charge in [0.05, 0.1) is 15.3 Å². The molecular formula is C10H14BrNO2S2. The number of thiophene rings is 1. The highest BCUT2D eigenvalue weighted by Gasteiger charge is 2.24. The minimum atomic E-state index is -2.80. The zero-order chi connectivity index (χ0) is 11.6. The number of sulfone groups is 1. The van der Waals surface area contributed by atoms with E-state index >= 15 is 0 Å². The van der Waals surface area contributed by atoms with Gasteiger partial charge in [-0.3, -0.25) is 0 Å². The van der Waals surface area contributed by atoms with Crippen molar-refractivity contribution >= 4 is 37.1 Å². The number of hydrogen-bond acceptors (Lipinski definition) is 4. The molecule has 1 atom stereocenters. The standard InChI is InChI=1S/C10H14BrNO2S2/c11-10-4-3-9(15-10)6-12-8-2-1-5-16(13,14)7-8/h3-4,8,12H,1-2,5-7H2. The van der Waals surface area contributed by atoms with Crippen LogP contribution in [0.5, 0.6) is 0 Å². The molecule has 1 aliphatic rings. The van der Waals surface area contributed by atoms with Crippen LogP contribution in [0.1, 0.15) is 17.7 Å². The maximum atomic E-state index is 11.4. The highest BCUT2D eigenvalue weighted by Crippen LogP contribution is 2.22. The molecular weight excluding hydrogens is 310 g/mol. The van der Waals surface area contributed by atoms with Gasteiger partial charge in [-0.2, -0.15) is 0 Å². The zero-order valence-corrected chi connectivity index (χ0v) is 12.0. The molecule has 90 valence electrons. The molecule has 0 radical (unpaired) electrons. The van der Waals surface area contributed by atoms with Crippen molar-refractivity contribution in [3.63, 3.8) is 0 Å². The quantitative estimate of drug-likeness (QED) is 0.927. The SMILES string of the molecule is O=S1(=O)CCCC(NCc2ccc(Br)s2)C1. The van der Waals surface area contributed by atoms with E-state index in [2.05, 4.69) is 27.3 Å². The Morgan fingerprint density at radius 3 is 2.94 bits per heavy atom. The fraction of sp³-hybridized carbons (Fsp3) is 0.600. The van der Waals surface area contributed by atoms with Crippen LogP contribution in [0.3, 0.4) is 0 Å². The molecule has 2 heterocycles. The second-order valence-corrected chi connectivity index (χ2v) is 8.82. The predicted molar refractivity (Wildman–Crippen MR) is 70.5 cm³/mol. The van der Waals surface area contributed by atoms with Crippen molar-refractivity contribution in [2.24, 2.45) is 0 Å². The number of hydrogen-bond donors (Lipinski definition) is 1. The molecule has 3 nitrogen and oxygen atoms in total. The summed E-state index contributed by atoms with van der Waals surface area (Å²) in [5.41, 5.74) is 0. The normalized spacial score (nSPS) is 24.4. The lowest BCUT2D eigenvalue weighted by Crippen LogP contribution is -2.39. The lowest BCUT2D eigenvalue weighted by molar-refractivity contribution is 0.482. The van der Waals surface area contributed by atoms with Crippen LogP contribution >= 0.6 is 27.3 Å². The first-order chi connectivity index (χ1) is 7.55. The number of rotatable bonds is 3. The largest absolute Gasteiger partial charge is 0.308 e. The van der Waals surface area contributed by atoms with Crippen LogP contribution in [0.25, 0.3) is 0 Å². The first kappa shape index (κ1) is 12.5. The molecule has 0 aromatic carbocycles. The fourth-order valence-electron chi connectivity index (χ4n) is 1.88. The van der Waals surface area contributed by atoms with E-state index < -0.39 is 9.84 Å². The summed E-state index contributed by atoms with van der Waals surface area (Å²) in [6.07, 6.45) is 1.75. The van der Waals surface area contributed by atoms with Crippen molar-refractivity contribution in [1.29, 1.82) is 0 Å². The molecule has 1 aromatic heterocycles. The van der Waals surface area contributed by atoms with E-state index in [0.29, 0.717) is 11.5 Å². The second-order valence-electron chi connectivity index (χ2n) is 4.04. The van der Waals surface area contributed by atoms with E-state index in [0.717, 1.165) is 23.2 Å². The predicted octanol–water partition coefficient (Wildman–Crippen LogP) is 2.18. The van der Waals surface area contributed by atoms with Crippen molar-refractivity contribution in [1.82, 2.24) is 5.32 Å². The molecule has 0 aliphatic carbocycles. The Labute approximate surface area is 108 Å². The molecule has 1 N–H and O–H groups in total. The number of halogens is 1.